The first-order valence-corrected chi connectivity index (χ1v) is 5.71. The molecule has 92 valence electrons. The van der Waals surface area contributed by atoms with Crippen LogP contribution in [0.4, 0.5) is 4.39 Å². The van der Waals surface area contributed by atoms with Crippen LogP contribution in [-0.4, -0.2) is 19.1 Å². The quantitative estimate of drug-likeness (QED) is 0.815. The first kappa shape index (κ1) is 12.0. The molecule has 3 nitrogen and oxygen atoms in total. The highest BCUT2D eigenvalue weighted by Crippen LogP contribution is 2.25. The summed E-state index contributed by atoms with van der Waals surface area (Å²) in [6.07, 6.45) is 2.15. The number of halogens is 1. The molecule has 1 unspecified atom stereocenters. The Morgan fingerprint density at radius 3 is 2.76 bits per heavy atom. The van der Waals surface area contributed by atoms with Gasteiger partial charge in [-0.1, -0.05) is 12.1 Å². The molecule has 17 heavy (non-hydrogen) atoms. The summed E-state index contributed by atoms with van der Waals surface area (Å²) in [5.41, 5.74) is 1.29. The SMILES string of the molecule is COC(=O)C(NC1CC1)c1ccc(F)c(C)c1. The van der Waals surface area contributed by atoms with Crippen molar-refractivity contribution in [2.75, 3.05) is 7.11 Å². The fourth-order valence-electron chi connectivity index (χ4n) is 1.75. The van der Waals surface area contributed by atoms with Gasteiger partial charge in [0.2, 0.25) is 0 Å². The summed E-state index contributed by atoms with van der Waals surface area (Å²) >= 11 is 0. The van der Waals surface area contributed by atoms with E-state index in [4.69, 9.17) is 4.74 Å². The van der Waals surface area contributed by atoms with E-state index in [1.165, 1.54) is 13.2 Å². The van der Waals surface area contributed by atoms with E-state index in [1.54, 1.807) is 19.1 Å². The molecule has 0 bridgehead atoms. The Balaban J connectivity index is 2.23. The van der Waals surface area contributed by atoms with Gasteiger partial charge < -0.3 is 4.74 Å². The van der Waals surface area contributed by atoms with Crippen molar-refractivity contribution < 1.29 is 13.9 Å². The Bertz CT molecular complexity index is 429. The first-order chi connectivity index (χ1) is 8.11. The molecule has 0 aliphatic heterocycles. The number of carbonyl (C=O) groups is 1. The number of aryl methyl sites for hydroxylation is 1. The standard InChI is InChI=1S/C13H16FNO2/c1-8-7-9(3-6-11(8)14)12(13(16)17-2)15-10-4-5-10/h3,6-7,10,12,15H,4-5H2,1-2H3. The second-order valence-corrected chi connectivity index (χ2v) is 4.41. The van der Waals surface area contributed by atoms with Crippen LogP contribution < -0.4 is 5.32 Å². The van der Waals surface area contributed by atoms with Crippen LogP contribution in [0, 0.1) is 12.7 Å². The molecule has 0 saturated heterocycles. The summed E-state index contributed by atoms with van der Waals surface area (Å²) in [6, 6.07) is 4.58. The Labute approximate surface area is 100.0 Å². The highest BCUT2D eigenvalue weighted by Gasteiger charge is 2.30. The van der Waals surface area contributed by atoms with E-state index >= 15 is 0 Å². The van der Waals surface area contributed by atoms with E-state index in [1.807, 2.05) is 0 Å². The predicted molar refractivity (Wildman–Crippen MR) is 62.1 cm³/mol. The maximum absolute atomic E-state index is 13.2. The maximum atomic E-state index is 13.2. The zero-order valence-electron chi connectivity index (χ0n) is 10.00. The minimum atomic E-state index is -0.494. The molecule has 0 radical (unpaired) electrons. The van der Waals surface area contributed by atoms with Crippen molar-refractivity contribution in [3.63, 3.8) is 0 Å². The van der Waals surface area contributed by atoms with E-state index in [2.05, 4.69) is 5.32 Å². The number of hydrogen-bond donors (Lipinski definition) is 1. The summed E-state index contributed by atoms with van der Waals surface area (Å²) in [5, 5.41) is 3.21. The number of hydrogen-bond acceptors (Lipinski definition) is 3. The normalized spacial score (nSPS) is 16.6. The van der Waals surface area contributed by atoms with E-state index in [0.717, 1.165) is 18.4 Å². The van der Waals surface area contributed by atoms with Gasteiger partial charge in [0.05, 0.1) is 7.11 Å². The zero-order chi connectivity index (χ0) is 12.4. The number of carbonyl (C=O) groups excluding carboxylic acids is 1. The molecule has 1 aromatic carbocycles. The minimum absolute atomic E-state index is 0.260. The van der Waals surface area contributed by atoms with Gasteiger partial charge in [0.1, 0.15) is 11.9 Å². The number of ether oxygens (including phenoxy) is 1. The number of methoxy groups -OCH3 is 1. The number of nitrogens with one attached hydrogen (secondary N) is 1. The highest BCUT2D eigenvalue weighted by atomic mass is 19.1. The third-order valence-electron chi connectivity index (χ3n) is 2.93. The van der Waals surface area contributed by atoms with E-state index in [0.29, 0.717) is 11.6 Å². The zero-order valence-corrected chi connectivity index (χ0v) is 10.00. The van der Waals surface area contributed by atoms with Crippen LogP contribution in [0.25, 0.3) is 0 Å². The molecule has 2 rings (SSSR count). The molecule has 1 aliphatic rings. The van der Waals surface area contributed by atoms with Crippen molar-refractivity contribution in [3.05, 3.63) is 35.1 Å². The van der Waals surface area contributed by atoms with Crippen molar-refractivity contribution in [2.24, 2.45) is 0 Å². The molecule has 1 aliphatic carbocycles. The Morgan fingerprint density at radius 2 is 2.24 bits per heavy atom. The van der Waals surface area contributed by atoms with Gasteiger partial charge in [0.15, 0.2) is 0 Å². The molecule has 1 N–H and O–H groups in total. The molecule has 0 heterocycles. The van der Waals surface area contributed by atoms with Gasteiger partial charge in [-0.25, -0.2) is 9.18 Å². The van der Waals surface area contributed by atoms with Crippen LogP contribution in [-0.2, 0) is 9.53 Å². The third-order valence-corrected chi connectivity index (χ3v) is 2.93. The summed E-state index contributed by atoms with van der Waals surface area (Å²) in [5.74, 6) is -0.591. The molecule has 1 atom stereocenters. The van der Waals surface area contributed by atoms with Crippen LogP contribution in [0.15, 0.2) is 18.2 Å². The molecule has 0 aromatic heterocycles. The van der Waals surface area contributed by atoms with Gasteiger partial charge in [-0.15, -0.1) is 0 Å². The van der Waals surface area contributed by atoms with Crippen molar-refractivity contribution in [1.29, 1.82) is 0 Å². The topological polar surface area (TPSA) is 38.3 Å². The smallest absolute Gasteiger partial charge is 0.327 e. The van der Waals surface area contributed by atoms with Crippen LogP contribution in [0.5, 0.6) is 0 Å². The molecule has 4 heteroatoms. The fourth-order valence-corrected chi connectivity index (χ4v) is 1.75. The van der Waals surface area contributed by atoms with Crippen molar-refractivity contribution in [3.8, 4) is 0 Å². The molecule has 0 amide bonds. The fraction of sp³-hybridized carbons (Fsp3) is 0.462. The van der Waals surface area contributed by atoms with Crippen molar-refractivity contribution >= 4 is 5.97 Å². The molecular weight excluding hydrogens is 221 g/mol. The van der Waals surface area contributed by atoms with E-state index in [9.17, 15) is 9.18 Å². The molecule has 1 saturated carbocycles. The molecular formula is C13H16FNO2. The second kappa shape index (κ2) is 4.84. The van der Waals surface area contributed by atoms with E-state index in [-0.39, 0.29) is 11.8 Å². The summed E-state index contributed by atoms with van der Waals surface area (Å²) in [6.45, 7) is 1.68. The van der Waals surface area contributed by atoms with E-state index < -0.39 is 6.04 Å². The lowest BCUT2D eigenvalue weighted by Crippen LogP contribution is -2.31. The van der Waals surface area contributed by atoms with Crippen LogP contribution in [0.2, 0.25) is 0 Å². The van der Waals surface area contributed by atoms with Crippen LogP contribution in [0.1, 0.15) is 30.0 Å². The van der Waals surface area contributed by atoms with Crippen molar-refractivity contribution in [2.45, 2.75) is 31.8 Å². The lowest BCUT2D eigenvalue weighted by atomic mass is 10.0. The summed E-state index contributed by atoms with van der Waals surface area (Å²) < 4.78 is 18.0. The summed E-state index contributed by atoms with van der Waals surface area (Å²) in [4.78, 5) is 11.7. The predicted octanol–water partition coefficient (Wildman–Crippen LogP) is 2.10. The van der Waals surface area contributed by atoms with Gasteiger partial charge in [-0.3, -0.25) is 5.32 Å². The van der Waals surface area contributed by atoms with Crippen LogP contribution >= 0.6 is 0 Å². The summed E-state index contributed by atoms with van der Waals surface area (Å²) in [7, 11) is 1.36. The monoisotopic (exact) mass is 237 g/mol. The number of benzene rings is 1. The second-order valence-electron chi connectivity index (χ2n) is 4.41. The van der Waals surface area contributed by atoms with Gasteiger partial charge >= 0.3 is 5.97 Å². The first-order valence-electron chi connectivity index (χ1n) is 5.71. The lowest BCUT2D eigenvalue weighted by molar-refractivity contribution is -0.143. The number of esters is 1. The largest absolute Gasteiger partial charge is 0.468 e. The Kier molecular flexibility index (Phi) is 3.43. The Hall–Kier alpha value is -1.42. The van der Waals surface area contributed by atoms with Gasteiger partial charge in [-0.05, 0) is 37.0 Å². The highest BCUT2D eigenvalue weighted by molar-refractivity contribution is 5.77. The van der Waals surface area contributed by atoms with Crippen LogP contribution in [0.3, 0.4) is 0 Å². The average molecular weight is 237 g/mol. The Morgan fingerprint density at radius 1 is 1.53 bits per heavy atom. The van der Waals surface area contributed by atoms with Gasteiger partial charge in [0, 0.05) is 6.04 Å². The van der Waals surface area contributed by atoms with Gasteiger partial charge in [-0.2, -0.15) is 0 Å². The molecule has 1 fully saturated rings. The maximum Gasteiger partial charge on any atom is 0.327 e. The lowest BCUT2D eigenvalue weighted by Gasteiger charge is -2.17. The average Bonchev–Trinajstić information content (AvgIpc) is 3.13. The number of rotatable bonds is 4. The minimum Gasteiger partial charge on any atom is -0.468 e. The third kappa shape index (κ3) is 2.82. The van der Waals surface area contributed by atoms with Gasteiger partial charge in [0.25, 0.3) is 0 Å². The molecule has 0 spiro atoms. The molecule has 1 aromatic rings. The van der Waals surface area contributed by atoms with Crippen molar-refractivity contribution in [1.82, 2.24) is 5.32 Å².